The first-order valence-corrected chi connectivity index (χ1v) is 4.26. The van der Waals surface area contributed by atoms with E-state index in [-0.39, 0.29) is 5.03 Å². The van der Waals surface area contributed by atoms with Crippen molar-refractivity contribution in [2.24, 2.45) is 0 Å². The van der Waals surface area contributed by atoms with Gasteiger partial charge in [-0.3, -0.25) is 4.68 Å². The van der Waals surface area contributed by atoms with Crippen molar-refractivity contribution >= 4 is 11.8 Å². The molecule has 14 heavy (non-hydrogen) atoms. The largest absolute Gasteiger partial charge is 0.447 e. The molecule has 8 heteroatoms. The summed E-state index contributed by atoms with van der Waals surface area (Å²) in [7, 11) is 0. The van der Waals surface area contributed by atoms with E-state index in [1.165, 1.54) is 0 Å². The van der Waals surface area contributed by atoms with Crippen LogP contribution in [0.4, 0.5) is 22.0 Å². The second kappa shape index (κ2) is 4.16. The van der Waals surface area contributed by atoms with E-state index < -0.39 is 30.2 Å². The third-order valence-corrected chi connectivity index (χ3v) is 2.00. The summed E-state index contributed by atoms with van der Waals surface area (Å²) in [6.45, 7) is -0.828. The Morgan fingerprint density at radius 3 is 2.57 bits per heavy atom. The molecule has 0 radical (unpaired) electrons. The molecule has 0 fully saturated rings. The molecule has 1 rings (SSSR count). The van der Waals surface area contributed by atoms with Crippen molar-refractivity contribution < 1.29 is 22.0 Å². The number of thioether (sulfide) groups is 1. The van der Waals surface area contributed by atoms with Gasteiger partial charge in [-0.2, -0.15) is 18.3 Å². The van der Waals surface area contributed by atoms with Crippen molar-refractivity contribution in [1.82, 2.24) is 9.78 Å². The van der Waals surface area contributed by atoms with Crippen molar-refractivity contribution in [3.63, 3.8) is 0 Å². The van der Waals surface area contributed by atoms with Crippen LogP contribution in [0.2, 0.25) is 0 Å². The molecule has 0 bridgehead atoms. The van der Waals surface area contributed by atoms with E-state index >= 15 is 0 Å². The van der Waals surface area contributed by atoms with Gasteiger partial charge in [0, 0.05) is 11.8 Å². The number of alkyl halides is 5. The molecule has 0 amide bonds. The van der Waals surface area contributed by atoms with Gasteiger partial charge < -0.3 is 0 Å². The van der Waals surface area contributed by atoms with Gasteiger partial charge in [-0.25, -0.2) is 8.78 Å². The normalized spacial score (nSPS) is 12.4. The molecule has 0 unspecified atom stereocenters. The first kappa shape index (κ1) is 11.3. The average Bonchev–Trinajstić information content (AvgIpc) is 2.32. The summed E-state index contributed by atoms with van der Waals surface area (Å²) in [6, 6.07) is 1.04. The van der Waals surface area contributed by atoms with E-state index in [1.807, 2.05) is 0 Å². The molecule has 1 aromatic rings. The molecule has 0 aliphatic heterocycles. The maximum absolute atomic E-state index is 11.9. The summed E-state index contributed by atoms with van der Waals surface area (Å²) in [5.74, 6) is 0. The SMILES string of the molecule is FC(F)Cn1nccc1SC(F)(F)F. The highest BCUT2D eigenvalue weighted by molar-refractivity contribution is 8.00. The molecule has 0 N–H and O–H groups in total. The highest BCUT2D eigenvalue weighted by atomic mass is 32.2. The van der Waals surface area contributed by atoms with E-state index in [4.69, 9.17) is 0 Å². The standard InChI is InChI=1S/C6H5F5N2S/c7-4(8)3-13-5(1-2-12-13)14-6(9,10)11/h1-2,4H,3H2. The topological polar surface area (TPSA) is 17.8 Å². The fourth-order valence-corrected chi connectivity index (χ4v) is 1.39. The summed E-state index contributed by atoms with van der Waals surface area (Å²) in [4.78, 5) is 0. The summed E-state index contributed by atoms with van der Waals surface area (Å²) >= 11 is -0.457. The monoisotopic (exact) mass is 232 g/mol. The first-order chi connectivity index (χ1) is 6.38. The molecule has 0 aliphatic carbocycles. The molecular weight excluding hydrogens is 227 g/mol. The van der Waals surface area contributed by atoms with Gasteiger partial charge in [-0.1, -0.05) is 0 Å². The maximum Gasteiger partial charge on any atom is 0.447 e. The predicted molar refractivity (Wildman–Crippen MR) is 40.1 cm³/mol. The molecule has 1 heterocycles. The number of rotatable bonds is 3. The van der Waals surface area contributed by atoms with Crippen LogP contribution < -0.4 is 0 Å². The first-order valence-electron chi connectivity index (χ1n) is 3.44. The second-order valence-electron chi connectivity index (χ2n) is 2.29. The third kappa shape index (κ3) is 3.52. The fraction of sp³-hybridized carbons (Fsp3) is 0.500. The summed E-state index contributed by atoms with van der Waals surface area (Å²) < 4.78 is 60.0. The van der Waals surface area contributed by atoms with Gasteiger partial charge in [0.2, 0.25) is 0 Å². The van der Waals surface area contributed by atoms with Gasteiger partial charge in [0.05, 0.1) is 6.20 Å². The van der Waals surface area contributed by atoms with E-state index in [0.717, 1.165) is 12.3 Å². The average molecular weight is 232 g/mol. The lowest BCUT2D eigenvalue weighted by atomic mass is 10.7. The van der Waals surface area contributed by atoms with Crippen LogP contribution >= 0.6 is 11.8 Å². The van der Waals surface area contributed by atoms with Crippen molar-refractivity contribution in [3.05, 3.63) is 12.3 Å². The number of halogens is 5. The fourth-order valence-electron chi connectivity index (χ4n) is 0.794. The molecular formula is C6H5F5N2S. The smallest absolute Gasteiger partial charge is 0.253 e. The maximum atomic E-state index is 11.9. The lowest BCUT2D eigenvalue weighted by molar-refractivity contribution is -0.0332. The minimum Gasteiger partial charge on any atom is -0.253 e. The summed E-state index contributed by atoms with van der Waals surface area (Å²) in [6.07, 6.45) is -1.67. The van der Waals surface area contributed by atoms with Crippen molar-refractivity contribution in [1.29, 1.82) is 0 Å². The molecule has 0 aliphatic rings. The second-order valence-corrected chi connectivity index (χ2v) is 3.38. The Morgan fingerprint density at radius 1 is 1.43 bits per heavy atom. The van der Waals surface area contributed by atoms with E-state index in [1.54, 1.807) is 0 Å². The number of hydrogen-bond acceptors (Lipinski definition) is 2. The summed E-state index contributed by atoms with van der Waals surface area (Å²) in [5, 5.41) is 3.02. The number of hydrogen-bond donors (Lipinski definition) is 0. The Labute approximate surface area is 80.1 Å². The Bertz CT molecular complexity index is 295. The van der Waals surface area contributed by atoms with Gasteiger partial charge in [0.15, 0.2) is 0 Å². The highest BCUT2D eigenvalue weighted by Crippen LogP contribution is 2.36. The molecule has 1 aromatic heterocycles. The van der Waals surface area contributed by atoms with Gasteiger partial charge in [0.25, 0.3) is 6.43 Å². The van der Waals surface area contributed by atoms with Crippen molar-refractivity contribution in [3.8, 4) is 0 Å². The zero-order chi connectivity index (χ0) is 10.8. The summed E-state index contributed by atoms with van der Waals surface area (Å²) in [5.41, 5.74) is -4.49. The Morgan fingerprint density at radius 2 is 2.07 bits per heavy atom. The molecule has 2 nitrogen and oxygen atoms in total. The van der Waals surface area contributed by atoms with Crippen LogP contribution in [0.15, 0.2) is 17.3 Å². The Kier molecular flexibility index (Phi) is 3.35. The highest BCUT2D eigenvalue weighted by Gasteiger charge is 2.31. The lowest BCUT2D eigenvalue weighted by Crippen LogP contribution is -2.11. The third-order valence-electron chi connectivity index (χ3n) is 1.21. The molecule has 0 aromatic carbocycles. The quantitative estimate of drug-likeness (QED) is 0.589. The molecule has 0 saturated carbocycles. The van der Waals surface area contributed by atoms with Crippen LogP contribution in [-0.4, -0.2) is 21.7 Å². The van der Waals surface area contributed by atoms with Crippen molar-refractivity contribution in [2.75, 3.05) is 0 Å². The Hall–Kier alpha value is -0.790. The predicted octanol–water partition coefficient (Wildman–Crippen LogP) is 2.76. The van der Waals surface area contributed by atoms with E-state index in [2.05, 4.69) is 5.10 Å². The van der Waals surface area contributed by atoms with Gasteiger partial charge in [-0.15, -0.1) is 0 Å². The van der Waals surface area contributed by atoms with Crippen LogP contribution in [-0.2, 0) is 6.54 Å². The Balaban J connectivity index is 2.72. The van der Waals surface area contributed by atoms with E-state index in [9.17, 15) is 22.0 Å². The van der Waals surface area contributed by atoms with Gasteiger partial charge in [0.1, 0.15) is 11.6 Å². The zero-order valence-corrected chi connectivity index (χ0v) is 7.45. The van der Waals surface area contributed by atoms with Gasteiger partial charge >= 0.3 is 5.51 Å². The van der Waals surface area contributed by atoms with Gasteiger partial charge in [-0.05, 0) is 6.07 Å². The van der Waals surface area contributed by atoms with E-state index in [0.29, 0.717) is 4.68 Å². The molecule has 0 atom stereocenters. The molecule has 0 saturated heterocycles. The zero-order valence-electron chi connectivity index (χ0n) is 6.63. The number of aromatic nitrogens is 2. The lowest BCUT2D eigenvalue weighted by Gasteiger charge is -2.07. The van der Waals surface area contributed by atoms with Crippen LogP contribution in [0.1, 0.15) is 0 Å². The molecule has 80 valence electrons. The van der Waals surface area contributed by atoms with Crippen LogP contribution in [0.25, 0.3) is 0 Å². The molecule has 0 spiro atoms. The minimum absolute atomic E-state index is 0.335. The van der Waals surface area contributed by atoms with Crippen LogP contribution in [0.5, 0.6) is 0 Å². The van der Waals surface area contributed by atoms with Crippen LogP contribution in [0.3, 0.4) is 0 Å². The number of nitrogens with zero attached hydrogens (tertiary/aromatic N) is 2. The van der Waals surface area contributed by atoms with Crippen LogP contribution in [0, 0.1) is 0 Å². The van der Waals surface area contributed by atoms with Crippen molar-refractivity contribution in [2.45, 2.75) is 23.5 Å². The minimum atomic E-state index is -4.49.